The average molecular weight is 285 g/mol. The third kappa shape index (κ3) is 4.03. The molecule has 21 heavy (non-hydrogen) atoms. The van der Waals surface area contributed by atoms with Crippen LogP contribution in [0.1, 0.15) is 31.4 Å². The molecule has 2 atom stereocenters. The Labute approximate surface area is 125 Å². The van der Waals surface area contributed by atoms with Crippen molar-refractivity contribution in [2.24, 2.45) is 11.5 Å². The summed E-state index contributed by atoms with van der Waals surface area (Å²) >= 11 is 0. The Morgan fingerprint density at radius 1 is 1.19 bits per heavy atom. The fourth-order valence-electron chi connectivity index (χ4n) is 2.50. The number of carbonyl (C=O) groups is 1. The molecule has 2 rings (SSSR count). The van der Waals surface area contributed by atoms with E-state index in [0.29, 0.717) is 13.0 Å². The Hall–Kier alpha value is -1.91. The molecular formula is C17H23N3O. The first-order chi connectivity index (χ1) is 10.1. The van der Waals surface area contributed by atoms with E-state index in [0.717, 1.165) is 12.0 Å². The van der Waals surface area contributed by atoms with Gasteiger partial charge in [0.05, 0.1) is 6.04 Å². The highest BCUT2D eigenvalue weighted by Crippen LogP contribution is 2.20. The van der Waals surface area contributed by atoms with Crippen molar-refractivity contribution in [1.82, 2.24) is 5.32 Å². The second-order valence-corrected chi connectivity index (χ2v) is 5.38. The number of nitrogens with one attached hydrogen (secondary N) is 1. The van der Waals surface area contributed by atoms with Crippen molar-refractivity contribution in [3.8, 4) is 0 Å². The fraction of sp³-hybridized carbons (Fsp3) is 0.353. The molecule has 112 valence electrons. The second-order valence-electron chi connectivity index (χ2n) is 5.38. The number of rotatable bonds is 7. The number of benzene rings is 2. The molecule has 0 aromatic heterocycles. The lowest BCUT2D eigenvalue weighted by molar-refractivity contribution is -0.120. The predicted molar refractivity (Wildman–Crippen MR) is 86.8 cm³/mol. The summed E-state index contributed by atoms with van der Waals surface area (Å²) in [5, 5.41) is 5.71. The molecular weight excluding hydrogens is 262 g/mol. The predicted octanol–water partition coefficient (Wildman–Crippen LogP) is 2.08. The van der Waals surface area contributed by atoms with Gasteiger partial charge in [-0.15, -0.1) is 0 Å². The van der Waals surface area contributed by atoms with Gasteiger partial charge in [0.15, 0.2) is 0 Å². The summed E-state index contributed by atoms with van der Waals surface area (Å²) in [5.74, 6) is -0.323. The maximum Gasteiger partial charge on any atom is 0.234 e. The normalized spacial score (nSPS) is 14.0. The van der Waals surface area contributed by atoms with Crippen LogP contribution in [-0.2, 0) is 4.79 Å². The van der Waals surface area contributed by atoms with Gasteiger partial charge in [-0.3, -0.25) is 10.1 Å². The lowest BCUT2D eigenvalue weighted by Gasteiger charge is -2.21. The number of amides is 1. The maximum atomic E-state index is 11.5. The van der Waals surface area contributed by atoms with E-state index in [9.17, 15) is 4.79 Å². The molecule has 5 N–H and O–H groups in total. The Bertz CT molecular complexity index is 612. The van der Waals surface area contributed by atoms with Crippen molar-refractivity contribution in [2.45, 2.75) is 31.8 Å². The maximum absolute atomic E-state index is 11.5. The zero-order valence-electron chi connectivity index (χ0n) is 12.4. The number of hydrogen-bond acceptors (Lipinski definition) is 3. The first-order valence-electron chi connectivity index (χ1n) is 7.36. The number of fused-ring (bicyclic) bond motifs is 1. The van der Waals surface area contributed by atoms with E-state index in [1.807, 2.05) is 19.1 Å². The Kier molecular flexibility index (Phi) is 5.31. The van der Waals surface area contributed by atoms with Gasteiger partial charge >= 0.3 is 0 Å². The summed E-state index contributed by atoms with van der Waals surface area (Å²) in [5.41, 5.74) is 12.1. The SMILES string of the molecule is CC(N[C@@H](CCCN)C(N)=O)c1ccc2ccccc2c1. The van der Waals surface area contributed by atoms with Gasteiger partial charge in [-0.25, -0.2) is 0 Å². The lowest BCUT2D eigenvalue weighted by Crippen LogP contribution is -2.42. The third-order valence-electron chi connectivity index (χ3n) is 3.77. The highest BCUT2D eigenvalue weighted by atomic mass is 16.1. The van der Waals surface area contributed by atoms with E-state index >= 15 is 0 Å². The van der Waals surface area contributed by atoms with Gasteiger partial charge < -0.3 is 11.5 Å². The van der Waals surface area contributed by atoms with E-state index < -0.39 is 0 Å². The van der Waals surface area contributed by atoms with Gasteiger partial charge in [-0.1, -0.05) is 36.4 Å². The van der Waals surface area contributed by atoms with Crippen LogP contribution in [0.3, 0.4) is 0 Å². The number of carbonyl (C=O) groups excluding carboxylic acids is 1. The minimum absolute atomic E-state index is 0.0601. The van der Waals surface area contributed by atoms with Crippen molar-refractivity contribution in [3.05, 3.63) is 48.0 Å². The lowest BCUT2D eigenvalue weighted by atomic mass is 10.0. The van der Waals surface area contributed by atoms with Crippen LogP contribution >= 0.6 is 0 Å². The van der Waals surface area contributed by atoms with Crippen LogP contribution in [0.4, 0.5) is 0 Å². The van der Waals surface area contributed by atoms with Crippen LogP contribution in [0.2, 0.25) is 0 Å². The largest absolute Gasteiger partial charge is 0.368 e. The molecule has 2 aromatic carbocycles. The minimum atomic E-state index is -0.338. The molecule has 0 aliphatic heterocycles. The molecule has 0 aliphatic rings. The molecule has 4 heteroatoms. The number of primary amides is 1. The summed E-state index contributed by atoms with van der Waals surface area (Å²) in [6.07, 6.45) is 1.45. The fourth-order valence-corrected chi connectivity index (χ4v) is 2.50. The molecule has 1 unspecified atom stereocenters. The van der Waals surface area contributed by atoms with Gasteiger partial charge in [0.25, 0.3) is 0 Å². The molecule has 0 fully saturated rings. The Morgan fingerprint density at radius 3 is 2.57 bits per heavy atom. The summed E-state index contributed by atoms with van der Waals surface area (Å²) in [4.78, 5) is 11.5. The first-order valence-corrected chi connectivity index (χ1v) is 7.36. The van der Waals surface area contributed by atoms with Gasteiger partial charge in [-0.05, 0) is 48.7 Å². The van der Waals surface area contributed by atoms with Gasteiger partial charge in [0, 0.05) is 6.04 Å². The molecule has 0 saturated carbocycles. The van der Waals surface area contributed by atoms with Crippen LogP contribution in [0, 0.1) is 0 Å². The quantitative estimate of drug-likeness (QED) is 0.728. The topological polar surface area (TPSA) is 81.1 Å². The molecule has 4 nitrogen and oxygen atoms in total. The zero-order valence-corrected chi connectivity index (χ0v) is 12.4. The standard InChI is InChI=1S/C17H23N3O/c1-12(20-16(17(19)21)7-4-10-18)14-9-8-13-5-2-3-6-15(13)11-14/h2-3,5-6,8-9,11-12,16,20H,4,7,10,18H2,1H3,(H2,19,21)/t12?,16-/m0/s1. The van der Waals surface area contributed by atoms with Gasteiger partial charge in [0.2, 0.25) is 5.91 Å². The van der Waals surface area contributed by atoms with Crippen molar-refractivity contribution in [1.29, 1.82) is 0 Å². The van der Waals surface area contributed by atoms with Crippen LogP contribution in [0.15, 0.2) is 42.5 Å². The second kappa shape index (κ2) is 7.20. The van der Waals surface area contributed by atoms with Crippen molar-refractivity contribution in [2.75, 3.05) is 6.54 Å². The highest BCUT2D eigenvalue weighted by molar-refractivity contribution is 5.83. The van der Waals surface area contributed by atoms with E-state index in [4.69, 9.17) is 11.5 Å². The summed E-state index contributed by atoms with van der Waals surface area (Å²) in [6, 6.07) is 14.3. The van der Waals surface area contributed by atoms with Crippen molar-refractivity contribution in [3.63, 3.8) is 0 Å². The van der Waals surface area contributed by atoms with Crippen molar-refractivity contribution < 1.29 is 4.79 Å². The molecule has 0 bridgehead atoms. The van der Waals surface area contributed by atoms with Crippen molar-refractivity contribution >= 4 is 16.7 Å². The van der Waals surface area contributed by atoms with Crippen LogP contribution < -0.4 is 16.8 Å². The smallest absolute Gasteiger partial charge is 0.234 e. The van der Waals surface area contributed by atoms with E-state index in [-0.39, 0.29) is 18.0 Å². The first kappa shape index (κ1) is 15.5. The molecule has 0 saturated heterocycles. The van der Waals surface area contributed by atoms with E-state index in [1.165, 1.54) is 10.8 Å². The molecule has 0 aliphatic carbocycles. The van der Waals surface area contributed by atoms with Crippen LogP contribution in [0.25, 0.3) is 10.8 Å². The third-order valence-corrected chi connectivity index (χ3v) is 3.77. The Morgan fingerprint density at radius 2 is 1.90 bits per heavy atom. The molecule has 2 aromatic rings. The molecule has 0 heterocycles. The highest BCUT2D eigenvalue weighted by Gasteiger charge is 2.18. The van der Waals surface area contributed by atoms with Gasteiger partial charge in [0.1, 0.15) is 0 Å². The van der Waals surface area contributed by atoms with E-state index in [2.05, 4.69) is 35.6 Å². The average Bonchev–Trinajstić information content (AvgIpc) is 2.50. The van der Waals surface area contributed by atoms with Crippen LogP contribution in [0.5, 0.6) is 0 Å². The monoisotopic (exact) mass is 285 g/mol. The molecule has 1 amide bonds. The Balaban J connectivity index is 2.12. The van der Waals surface area contributed by atoms with Crippen LogP contribution in [-0.4, -0.2) is 18.5 Å². The number of nitrogens with two attached hydrogens (primary N) is 2. The molecule has 0 radical (unpaired) electrons. The minimum Gasteiger partial charge on any atom is -0.368 e. The molecule has 0 spiro atoms. The summed E-state index contributed by atoms with van der Waals surface area (Å²) in [7, 11) is 0. The number of hydrogen-bond donors (Lipinski definition) is 3. The van der Waals surface area contributed by atoms with Gasteiger partial charge in [-0.2, -0.15) is 0 Å². The van der Waals surface area contributed by atoms with E-state index in [1.54, 1.807) is 0 Å². The summed E-state index contributed by atoms with van der Waals surface area (Å²) < 4.78 is 0. The summed E-state index contributed by atoms with van der Waals surface area (Å²) in [6.45, 7) is 2.61. The zero-order chi connectivity index (χ0) is 15.2.